The molecule has 0 unspecified atom stereocenters. The van der Waals surface area contributed by atoms with Crippen LogP contribution in [0.3, 0.4) is 0 Å². The Morgan fingerprint density at radius 3 is 2.62 bits per heavy atom. The molecule has 8 N–H and O–H groups in total. The number of methoxy groups -OCH3 is 1. The summed E-state index contributed by atoms with van der Waals surface area (Å²) >= 11 is 0.807. The monoisotopic (exact) mass is 574 g/mol. The molecule has 0 spiro atoms. The van der Waals surface area contributed by atoms with Crippen molar-refractivity contribution in [1.29, 1.82) is 0 Å². The lowest BCUT2D eigenvalue weighted by molar-refractivity contribution is -0.120. The topological polar surface area (TPSA) is 221 Å². The number of nitrogens with one attached hydrogen (secondary N) is 3. The normalized spacial score (nSPS) is 11.5. The number of urea groups is 1. The number of aliphatic hydroxyl groups excluding tert-OH is 1. The second-order valence-electron chi connectivity index (χ2n) is 7.89. The highest BCUT2D eigenvalue weighted by atomic mass is 32.1. The molecule has 0 fully saturated rings. The summed E-state index contributed by atoms with van der Waals surface area (Å²) < 4.78 is 39.4. The third-order valence-electron chi connectivity index (χ3n) is 5.20. The van der Waals surface area contributed by atoms with Crippen molar-refractivity contribution in [2.75, 3.05) is 30.1 Å². The minimum Gasteiger partial charge on any atom is -0.497 e. The van der Waals surface area contributed by atoms with Gasteiger partial charge in [-0.1, -0.05) is 22.6 Å². The van der Waals surface area contributed by atoms with E-state index in [0.29, 0.717) is 11.8 Å². The number of nitrogen functional groups attached to an aromatic ring is 1. The van der Waals surface area contributed by atoms with E-state index in [1.807, 2.05) is 0 Å². The van der Waals surface area contributed by atoms with Gasteiger partial charge in [0, 0.05) is 11.6 Å². The molecule has 2 aromatic heterocycles. The Hall–Kier alpha value is -5.16. The Bertz CT molecular complexity index is 1590. The van der Waals surface area contributed by atoms with Gasteiger partial charge in [0.05, 0.1) is 25.0 Å². The molecule has 2 heterocycles. The maximum Gasteiger partial charge on any atom is 0.321 e. The van der Waals surface area contributed by atoms with Gasteiger partial charge < -0.3 is 36.5 Å². The lowest BCUT2D eigenvalue weighted by Crippen LogP contribution is -2.48. The number of hydrogen-bond acceptors (Lipinski definition) is 11. The van der Waals surface area contributed by atoms with E-state index in [2.05, 4.69) is 31.1 Å². The summed E-state index contributed by atoms with van der Waals surface area (Å²) in [5.41, 5.74) is 10.5. The van der Waals surface area contributed by atoms with Crippen LogP contribution in [0.15, 0.2) is 40.9 Å². The van der Waals surface area contributed by atoms with Crippen LogP contribution in [0.5, 0.6) is 5.75 Å². The lowest BCUT2D eigenvalue weighted by atomic mass is 10.1. The van der Waals surface area contributed by atoms with Crippen LogP contribution in [0.25, 0.3) is 22.2 Å². The van der Waals surface area contributed by atoms with Crippen molar-refractivity contribution in [3.05, 3.63) is 53.6 Å². The molecular weight excluding hydrogens is 554 g/mol. The maximum absolute atomic E-state index is 14.7. The second kappa shape index (κ2) is 11.7. The number of thiazole rings is 1. The van der Waals surface area contributed by atoms with E-state index in [0.717, 1.165) is 17.4 Å². The highest BCUT2D eigenvalue weighted by Crippen LogP contribution is 2.35. The number of aromatic nitrogens is 3. The molecule has 2 aromatic carbocycles. The van der Waals surface area contributed by atoms with Gasteiger partial charge in [0.15, 0.2) is 5.13 Å². The summed E-state index contributed by atoms with van der Waals surface area (Å²) in [6.07, 6.45) is 0. The lowest BCUT2D eigenvalue weighted by Gasteiger charge is -2.11. The average Bonchev–Trinajstić information content (AvgIpc) is 3.54. The quantitative estimate of drug-likeness (QED) is 0.170. The predicted octanol–water partition coefficient (Wildman–Crippen LogP) is 1.95. The molecule has 0 saturated heterocycles. The molecule has 4 rings (SSSR count). The van der Waals surface area contributed by atoms with Crippen molar-refractivity contribution in [3.8, 4) is 27.9 Å². The Morgan fingerprint density at radius 2 is 1.93 bits per heavy atom. The SMILES string of the molecule is COc1cccc(C(=O)Nc2cc(-c3noc(-c4sc(NC(=O)N[C@@H](CO)C(N)=O)nc4N)n3)c(F)cc2F)c1. The molecule has 0 radical (unpaired) electrons. The third-order valence-corrected chi connectivity index (χ3v) is 6.18. The van der Waals surface area contributed by atoms with Gasteiger partial charge in [-0.3, -0.25) is 14.9 Å². The van der Waals surface area contributed by atoms with Gasteiger partial charge in [0.25, 0.3) is 11.8 Å². The number of benzene rings is 2. The summed E-state index contributed by atoms with van der Waals surface area (Å²) in [6.45, 7) is -0.717. The minimum atomic E-state index is -1.33. The molecule has 0 aliphatic heterocycles. The number of ether oxygens (including phenoxy) is 1. The molecular formula is C23H20F2N8O6S. The minimum absolute atomic E-state index is 0.0404. The fourth-order valence-electron chi connectivity index (χ4n) is 3.24. The average molecular weight is 575 g/mol. The summed E-state index contributed by atoms with van der Waals surface area (Å²) in [7, 11) is 1.43. The highest BCUT2D eigenvalue weighted by Gasteiger charge is 2.23. The molecule has 0 aliphatic rings. The first kappa shape index (κ1) is 27.9. The number of rotatable bonds is 9. The van der Waals surface area contributed by atoms with Crippen LogP contribution in [-0.4, -0.2) is 57.8 Å². The van der Waals surface area contributed by atoms with Crippen LogP contribution in [0.4, 0.5) is 30.2 Å². The number of nitrogens with zero attached hydrogens (tertiary/aromatic N) is 3. The molecule has 208 valence electrons. The van der Waals surface area contributed by atoms with E-state index in [4.69, 9.17) is 25.8 Å². The first-order valence-electron chi connectivity index (χ1n) is 11.1. The molecule has 40 heavy (non-hydrogen) atoms. The van der Waals surface area contributed by atoms with Crippen molar-refractivity contribution >= 4 is 45.8 Å². The van der Waals surface area contributed by atoms with E-state index in [9.17, 15) is 23.2 Å². The largest absolute Gasteiger partial charge is 0.497 e. The molecule has 17 heteroatoms. The molecule has 1 atom stereocenters. The molecule has 4 amide bonds. The van der Waals surface area contributed by atoms with Crippen LogP contribution < -0.4 is 32.2 Å². The van der Waals surface area contributed by atoms with Crippen LogP contribution >= 0.6 is 11.3 Å². The van der Waals surface area contributed by atoms with Crippen molar-refractivity contribution < 1.29 is 37.5 Å². The number of carbonyl (C=O) groups is 3. The maximum atomic E-state index is 14.7. The number of halogens is 2. The zero-order valence-electron chi connectivity index (χ0n) is 20.4. The van der Waals surface area contributed by atoms with E-state index in [-0.39, 0.29) is 44.4 Å². The molecule has 0 aliphatic carbocycles. The number of carbonyl (C=O) groups excluding carboxylic acids is 3. The molecule has 14 nitrogen and oxygen atoms in total. The van der Waals surface area contributed by atoms with Crippen LogP contribution in [0, 0.1) is 11.6 Å². The Kier molecular flexibility index (Phi) is 8.15. The first-order valence-corrected chi connectivity index (χ1v) is 11.9. The third kappa shape index (κ3) is 6.11. The summed E-state index contributed by atoms with van der Waals surface area (Å²) in [5.74, 6) is -3.91. The number of hydrogen-bond donors (Lipinski definition) is 6. The van der Waals surface area contributed by atoms with Gasteiger partial charge in [-0.05, 0) is 24.3 Å². The highest BCUT2D eigenvalue weighted by molar-refractivity contribution is 7.19. The number of amides is 4. The zero-order chi connectivity index (χ0) is 29.0. The molecule has 0 saturated carbocycles. The zero-order valence-corrected chi connectivity index (χ0v) is 21.2. The van der Waals surface area contributed by atoms with Gasteiger partial charge in [0.1, 0.15) is 34.1 Å². The van der Waals surface area contributed by atoms with Gasteiger partial charge in [-0.25, -0.2) is 18.6 Å². The van der Waals surface area contributed by atoms with Crippen LogP contribution in [0.2, 0.25) is 0 Å². The predicted molar refractivity (Wildman–Crippen MR) is 138 cm³/mol. The Labute approximate surface area is 227 Å². The van der Waals surface area contributed by atoms with Gasteiger partial charge >= 0.3 is 6.03 Å². The number of aliphatic hydroxyl groups is 1. The second-order valence-corrected chi connectivity index (χ2v) is 8.89. The Morgan fingerprint density at radius 1 is 1.15 bits per heavy atom. The van der Waals surface area contributed by atoms with Gasteiger partial charge in [-0.2, -0.15) is 4.98 Å². The van der Waals surface area contributed by atoms with Crippen molar-refractivity contribution in [3.63, 3.8) is 0 Å². The van der Waals surface area contributed by atoms with Crippen LogP contribution in [-0.2, 0) is 4.79 Å². The number of anilines is 3. The summed E-state index contributed by atoms with van der Waals surface area (Å²) in [5, 5.41) is 19.6. The summed E-state index contributed by atoms with van der Waals surface area (Å²) in [4.78, 5) is 44.0. The number of nitrogens with two attached hydrogens (primary N) is 2. The smallest absolute Gasteiger partial charge is 0.321 e. The molecule has 4 aromatic rings. The summed E-state index contributed by atoms with van der Waals surface area (Å²) in [6, 6.07) is 5.46. The Balaban J connectivity index is 1.54. The van der Waals surface area contributed by atoms with E-state index in [1.165, 1.54) is 19.2 Å². The van der Waals surface area contributed by atoms with Gasteiger partial charge in [0.2, 0.25) is 11.7 Å². The fourth-order valence-corrected chi connectivity index (χ4v) is 4.04. The van der Waals surface area contributed by atoms with Crippen molar-refractivity contribution in [1.82, 2.24) is 20.4 Å². The fraction of sp³-hybridized carbons (Fsp3) is 0.130. The van der Waals surface area contributed by atoms with E-state index >= 15 is 0 Å². The number of primary amides is 1. The van der Waals surface area contributed by atoms with Gasteiger partial charge in [-0.15, -0.1) is 0 Å². The van der Waals surface area contributed by atoms with E-state index in [1.54, 1.807) is 12.1 Å². The van der Waals surface area contributed by atoms with E-state index < -0.39 is 42.1 Å². The van der Waals surface area contributed by atoms with Crippen molar-refractivity contribution in [2.45, 2.75) is 6.04 Å². The molecule has 0 bridgehead atoms. The van der Waals surface area contributed by atoms with Crippen LogP contribution in [0.1, 0.15) is 10.4 Å². The van der Waals surface area contributed by atoms with Crippen molar-refractivity contribution in [2.24, 2.45) is 5.73 Å². The standard InChI is InChI=1S/C23H20F2N8O6S/c1-38-10-4-2-3-9(5-10)20(36)28-14-6-11(12(24)7-13(14)25)19-31-21(39-33-19)16-17(26)30-23(40-16)32-22(37)29-15(8-34)18(27)35/h2-7,15,34H,8,26H2,1H3,(H2,27,35)(H,28,36)(H2,29,30,32,37)/t15-/m0/s1. The first-order chi connectivity index (χ1) is 19.1.